The summed E-state index contributed by atoms with van der Waals surface area (Å²) in [7, 11) is 0. The summed E-state index contributed by atoms with van der Waals surface area (Å²) in [5.41, 5.74) is 0. The third kappa shape index (κ3) is 1.93. The van der Waals surface area contributed by atoms with E-state index in [1.807, 2.05) is 0 Å². The van der Waals surface area contributed by atoms with Crippen molar-refractivity contribution in [2.75, 3.05) is 0 Å². The molecule has 0 nitrogen and oxygen atoms in total. The van der Waals surface area contributed by atoms with Gasteiger partial charge in [0.25, 0.3) is 0 Å². The van der Waals surface area contributed by atoms with Crippen LogP contribution in [0.25, 0.3) is 0 Å². The highest BCUT2D eigenvalue weighted by atomic mass is 19.3. The van der Waals surface area contributed by atoms with Crippen LogP contribution in [-0.4, -0.2) is 6.43 Å². The summed E-state index contributed by atoms with van der Waals surface area (Å²) in [4.78, 5) is 0. The first kappa shape index (κ1) is 7.96. The van der Waals surface area contributed by atoms with Crippen molar-refractivity contribution in [3.63, 3.8) is 0 Å². The normalized spacial score (nSPS) is 34.8. The zero-order chi connectivity index (χ0) is 7.56. The van der Waals surface area contributed by atoms with Gasteiger partial charge in [-0.05, 0) is 18.8 Å². The Bertz CT molecular complexity index is 93.4. The summed E-state index contributed by atoms with van der Waals surface area (Å²) in [6.07, 6.45) is 1.38. The third-order valence-electron chi connectivity index (χ3n) is 2.42. The Balaban J connectivity index is 2.26. The van der Waals surface area contributed by atoms with Gasteiger partial charge in [0.1, 0.15) is 0 Å². The van der Waals surface area contributed by atoms with Crippen molar-refractivity contribution < 1.29 is 8.78 Å². The van der Waals surface area contributed by atoms with E-state index in [1.54, 1.807) is 0 Å². The molecule has 1 aliphatic carbocycles. The molecule has 0 bridgehead atoms. The van der Waals surface area contributed by atoms with Crippen LogP contribution in [0.5, 0.6) is 0 Å². The zero-order valence-corrected chi connectivity index (χ0v) is 6.32. The first-order valence-corrected chi connectivity index (χ1v) is 3.98. The van der Waals surface area contributed by atoms with Gasteiger partial charge >= 0.3 is 0 Å². The lowest BCUT2D eigenvalue weighted by molar-refractivity contribution is 0.0484. The van der Waals surface area contributed by atoms with Gasteiger partial charge in [-0.2, -0.15) is 0 Å². The van der Waals surface area contributed by atoms with Crippen LogP contribution in [0.3, 0.4) is 0 Å². The molecule has 0 aromatic rings. The monoisotopic (exact) mass is 148 g/mol. The maximum Gasteiger partial charge on any atom is 0.241 e. The maximum absolute atomic E-state index is 12.0. The molecule has 0 amide bonds. The molecule has 0 spiro atoms. The maximum atomic E-state index is 12.0. The quantitative estimate of drug-likeness (QED) is 0.536. The van der Waals surface area contributed by atoms with E-state index in [4.69, 9.17) is 0 Å². The summed E-state index contributed by atoms with van der Waals surface area (Å²) in [5.74, 6) is 0.381. The van der Waals surface area contributed by atoms with Gasteiger partial charge in [0.05, 0.1) is 0 Å². The molecular weight excluding hydrogens is 134 g/mol. The van der Waals surface area contributed by atoms with Crippen molar-refractivity contribution in [2.24, 2.45) is 11.8 Å². The lowest BCUT2D eigenvalue weighted by Gasteiger charge is -2.25. The molecule has 2 heteroatoms. The summed E-state index contributed by atoms with van der Waals surface area (Å²) in [5, 5.41) is 0. The molecule has 0 aliphatic heterocycles. The third-order valence-corrected chi connectivity index (χ3v) is 2.42. The minimum absolute atomic E-state index is 0.295. The molecule has 1 saturated carbocycles. The standard InChI is InChI=1S/C8H14F2/c1-6-2-4-7(5-3-6)8(9)10/h6-8H,2-5H2,1H3/t6-,7+. The van der Waals surface area contributed by atoms with Crippen molar-refractivity contribution >= 4 is 0 Å². The van der Waals surface area contributed by atoms with Gasteiger partial charge in [0.15, 0.2) is 0 Å². The molecule has 1 fully saturated rings. The van der Waals surface area contributed by atoms with E-state index in [0.29, 0.717) is 5.92 Å². The average molecular weight is 148 g/mol. The minimum Gasteiger partial charge on any atom is -0.210 e. The van der Waals surface area contributed by atoms with Crippen LogP contribution in [0.1, 0.15) is 32.6 Å². The van der Waals surface area contributed by atoms with E-state index in [1.165, 1.54) is 0 Å². The van der Waals surface area contributed by atoms with Gasteiger partial charge in [-0.3, -0.25) is 0 Å². The molecule has 10 heavy (non-hydrogen) atoms. The molecular formula is C8H14F2. The van der Waals surface area contributed by atoms with Crippen LogP contribution >= 0.6 is 0 Å². The van der Waals surface area contributed by atoms with Gasteiger partial charge in [0.2, 0.25) is 6.43 Å². The van der Waals surface area contributed by atoms with Gasteiger partial charge < -0.3 is 0 Å². The Morgan fingerprint density at radius 2 is 1.60 bits per heavy atom. The summed E-state index contributed by atoms with van der Waals surface area (Å²) >= 11 is 0. The van der Waals surface area contributed by atoms with E-state index < -0.39 is 6.43 Å². The number of alkyl halides is 2. The fraction of sp³-hybridized carbons (Fsp3) is 1.00. The number of hydrogen-bond donors (Lipinski definition) is 0. The predicted molar refractivity (Wildman–Crippen MR) is 37.1 cm³/mol. The Hall–Kier alpha value is -0.140. The first-order chi connectivity index (χ1) is 4.70. The Kier molecular flexibility index (Phi) is 2.64. The summed E-state index contributed by atoms with van der Waals surface area (Å²) in [6.45, 7) is 2.14. The fourth-order valence-corrected chi connectivity index (χ4v) is 1.54. The van der Waals surface area contributed by atoms with Crippen molar-refractivity contribution in [1.29, 1.82) is 0 Å². The van der Waals surface area contributed by atoms with Crippen molar-refractivity contribution in [3.05, 3.63) is 0 Å². The molecule has 0 atom stereocenters. The number of halogens is 2. The Labute approximate surface area is 60.6 Å². The largest absolute Gasteiger partial charge is 0.241 e. The second kappa shape index (κ2) is 3.31. The van der Waals surface area contributed by atoms with Gasteiger partial charge in [0, 0.05) is 5.92 Å². The van der Waals surface area contributed by atoms with Crippen molar-refractivity contribution in [2.45, 2.75) is 39.0 Å². The lowest BCUT2D eigenvalue weighted by atomic mass is 9.83. The van der Waals surface area contributed by atoms with Crippen LogP contribution < -0.4 is 0 Å². The fourth-order valence-electron chi connectivity index (χ4n) is 1.54. The molecule has 0 aromatic carbocycles. The predicted octanol–water partition coefficient (Wildman–Crippen LogP) is 3.08. The molecule has 1 rings (SSSR count). The van der Waals surface area contributed by atoms with Gasteiger partial charge in [-0.15, -0.1) is 0 Å². The smallest absolute Gasteiger partial charge is 0.210 e. The number of hydrogen-bond acceptors (Lipinski definition) is 0. The topological polar surface area (TPSA) is 0 Å². The molecule has 60 valence electrons. The van der Waals surface area contributed by atoms with Gasteiger partial charge in [-0.25, -0.2) is 8.78 Å². The van der Waals surface area contributed by atoms with E-state index in [0.717, 1.165) is 25.7 Å². The van der Waals surface area contributed by atoms with Crippen molar-refractivity contribution in [3.8, 4) is 0 Å². The van der Waals surface area contributed by atoms with Crippen LogP contribution in [0.4, 0.5) is 8.78 Å². The SMILES string of the molecule is C[C@H]1CC[C@@H](C(F)F)CC1. The van der Waals surface area contributed by atoms with Crippen LogP contribution in [0.15, 0.2) is 0 Å². The highest BCUT2D eigenvalue weighted by molar-refractivity contribution is 4.71. The number of rotatable bonds is 1. The molecule has 1 aliphatic rings. The minimum atomic E-state index is -2.08. The van der Waals surface area contributed by atoms with E-state index in [2.05, 4.69) is 6.92 Å². The molecule has 0 heterocycles. The molecule has 0 unspecified atom stereocenters. The highest BCUT2D eigenvalue weighted by Crippen LogP contribution is 2.31. The van der Waals surface area contributed by atoms with Crippen LogP contribution in [0, 0.1) is 11.8 Å². The van der Waals surface area contributed by atoms with Crippen LogP contribution in [-0.2, 0) is 0 Å². The second-order valence-electron chi connectivity index (χ2n) is 3.35. The molecule has 0 saturated heterocycles. The Morgan fingerprint density at radius 1 is 1.10 bits per heavy atom. The first-order valence-electron chi connectivity index (χ1n) is 3.98. The zero-order valence-electron chi connectivity index (χ0n) is 6.32. The summed E-state index contributed by atoms with van der Waals surface area (Å²) in [6, 6.07) is 0. The lowest BCUT2D eigenvalue weighted by Crippen LogP contribution is -2.18. The van der Waals surface area contributed by atoms with Gasteiger partial charge in [-0.1, -0.05) is 19.8 Å². The highest BCUT2D eigenvalue weighted by Gasteiger charge is 2.24. The molecule has 0 radical (unpaired) electrons. The molecule has 0 N–H and O–H groups in total. The van der Waals surface area contributed by atoms with Crippen molar-refractivity contribution in [1.82, 2.24) is 0 Å². The van der Waals surface area contributed by atoms with Crippen LogP contribution in [0.2, 0.25) is 0 Å². The second-order valence-corrected chi connectivity index (χ2v) is 3.35. The molecule has 0 aromatic heterocycles. The average Bonchev–Trinajstić information content (AvgIpc) is 1.88. The van der Waals surface area contributed by atoms with E-state index in [9.17, 15) is 8.78 Å². The summed E-state index contributed by atoms with van der Waals surface area (Å²) < 4.78 is 24.1. The van der Waals surface area contributed by atoms with E-state index >= 15 is 0 Å². The Morgan fingerprint density at radius 3 is 2.00 bits per heavy atom. The van der Waals surface area contributed by atoms with E-state index in [-0.39, 0.29) is 5.92 Å².